The van der Waals surface area contributed by atoms with Crippen LogP contribution in [0.15, 0.2) is 50.1 Å². The lowest BCUT2D eigenvalue weighted by Gasteiger charge is -2.14. The molecule has 1 atom stereocenters. The van der Waals surface area contributed by atoms with Crippen LogP contribution >= 0.6 is 31.9 Å². The van der Waals surface area contributed by atoms with Crippen molar-refractivity contribution in [1.29, 1.82) is 0 Å². The lowest BCUT2D eigenvalue weighted by molar-refractivity contribution is -0.908. The van der Waals surface area contributed by atoms with E-state index in [-0.39, 0.29) is 5.56 Å². The van der Waals surface area contributed by atoms with E-state index in [1.54, 1.807) is 13.2 Å². The maximum Gasteiger partial charge on any atom is 0.259 e. The average molecular weight is 468 g/mol. The molecule has 1 aromatic heterocycles. The molecule has 0 amide bonds. The second-order valence-electron chi connectivity index (χ2n) is 5.96. The molecule has 7 heteroatoms. The van der Waals surface area contributed by atoms with Gasteiger partial charge in [-0.15, -0.1) is 0 Å². The number of methoxy groups -OCH3 is 1. The van der Waals surface area contributed by atoms with Gasteiger partial charge in [0.15, 0.2) is 5.82 Å². The zero-order chi connectivity index (χ0) is 18.0. The molecule has 0 aliphatic rings. The van der Waals surface area contributed by atoms with E-state index in [2.05, 4.69) is 54.9 Å². The molecule has 0 saturated heterocycles. The largest absolute Gasteiger partial charge is 0.497 e. The fourth-order valence-corrected chi connectivity index (χ4v) is 4.09. The Morgan fingerprint density at radius 2 is 2.00 bits per heavy atom. The van der Waals surface area contributed by atoms with Crippen molar-refractivity contribution < 1.29 is 9.64 Å². The molecule has 25 heavy (non-hydrogen) atoms. The van der Waals surface area contributed by atoms with Crippen LogP contribution in [0, 0.1) is 0 Å². The molecule has 2 N–H and O–H groups in total. The number of ether oxygens (including phenoxy) is 1. The molecule has 3 rings (SSSR count). The van der Waals surface area contributed by atoms with Gasteiger partial charge < -0.3 is 14.6 Å². The smallest absolute Gasteiger partial charge is 0.259 e. The van der Waals surface area contributed by atoms with E-state index in [1.807, 2.05) is 24.3 Å². The summed E-state index contributed by atoms with van der Waals surface area (Å²) in [6, 6.07) is 11.7. The van der Waals surface area contributed by atoms with Gasteiger partial charge in [0, 0.05) is 14.5 Å². The van der Waals surface area contributed by atoms with Crippen molar-refractivity contribution >= 4 is 42.8 Å². The normalized spacial score (nSPS) is 12.3. The number of halogens is 2. The van der Waals surface area contributed by atoms with Crippen LogP contribution in [0.25, 0.3) is 10.9 Å². The zero-order valence-corrected chi connectivity index (χ0v) is 17.1. The fourth-order valence-electron chi connectivity index (χ4n) is 2.78. The zero-order valence-electron chi connectivity index (χ0n) is 13.9. The van der Waals surface area contributed by atoms with Crippen molar-refractivity contribution in [2.75, 3.05) is 14.2 Å². The first kappa shape index (κ1) is 18.1. The molecule has 130 valence electrons. The molecule has 5 nitrogen and oxygen atoms in total. The van der Waals surface area contributed by atoms with Gasteiger partial charge in [-0.25, -0.2) is 4.98 Å². The molecule has 1 heterocycles. The minimum Gasteiger partial charge on any atom is -0.497 e. The molecule has 0 aliphatic heterocycles. The quantitative estimate of drug-likeness (QED) is 0.606. The number of aromatic amines is 1. The third-order valence-corrected chi connectivity index (χ3v) is 4.95. The molecule has 0 aliphatic carbocycles. The van der Waals surface area contributed by atoms with Gasteiger partial charge in [0.1, 0.15) is 18.8 Å². The summed E-state index contributed by atoms with van der Waals surface area (Å²) in [5, 5.41) is 0.565. The van der Waals surface area contributed by atoms with Gasteiger partial charge in [0.05, 0.1) is 25.1 Å². The Balaban J connectivity index is 1.83. The first-order chi connectivity index (χ1) is 12.0. The van der Waals surface area contributed by atoms with Crippen molar-refractivity contribution in [1.82, 2.24) is 9.97 Å². The topological polar surface area (TPSA) is 59.4 Å². The van der Waals surface area contributed by atoms with Crippen LogP contribution in [0.5, 0.6) is 5.75 Å². The summed E-state index contributed by atoms with van der Waals surface area (Å²) in [7, 11) is 3.73. The number of benzene rings is 2. The molecule has 0 radical (unpaired) electrons. The van der Waals surface area contributed by atoms with Crippen molar-refractivity contribution in [3.8, 4) is 5.75 Å². The maximum atomic E-state index is 12.4. The number of fused-ring (bicyclic) bond motifs is 1. The summed E-state index contributed by atoms with van der Waals surface area (Å²) >= 11 is 6.89. The highest BCUT2D eigenvalue weighted by molar-refractivity contribution is 9.11. The highest BCUT2D eigenvalue weighted by Crippen LogP contribution is 2.24. The van der Waals surface area contributed by atoms with E-state index in [1.165, 1.54) is 10.5 Å². The van der Waals surface area contributed by atoms with Crippen LogP contribution in [0.3, 0.4) is 0 Å². The van der Waals surface area contributed by atoms with Gasteiger partial charge in [-0.3, -0.25) is 4.79 Å². The first-order valence-electron chi connectivity index (χ1n) is 7.78. The molecular weight excluding hydrogens is 450 g/mol. The average Bonchev–Trinajstić information content (AvgIpc) is 2.56. The van der Waals surface area contributed by atoms with Gasteiger partial charge in [-0.2, -0.15) is 0 Å². The molecule has 0 saturated carbocycles. The lowest BCUT2D eigenvalue weighted by atomic mass is 10.2. The number of aromatic nitrogens is 2. The summed E-state index contributed by atoms with van der Waals surface area (Å²) in [5.74, 6) is 1.51. The molecule has 3 aromatic rings. The summed E-state index contributed by atoms with van der Waals surface area (Å²) in [6.45, 7) is 1.42. The summed E-state index contributed by atoms with van der Waals surface area (Å²) in [4.78, 5) is 21.1. The van der Waals surface area contributed by atoms with E-state index in [9.17, 15) is 4.79 Å². The van der Waals surface area contributed by atoms with Gasteiger partial charge in [0.2, 0.25) is 0 Å². The molecule has 2 aromatic carbocycles. The number of rotatable bonds is 5. The Morgan fingerprint density at radius 3 is 2.76 bits per heavy atom. The second kappa shape index (κ2) is 7.68. The van der Waals surface area contributed by atoms with Crippen LogP contribution in [-0.4, -0.2) is 24.1 Å². The Hall–Kier alpha value is -1.70. The van der Waals surface area contributed by atoms with Crippen LogP contribution in [-0.2, 0) is 13.1 Å². The summed E-state index contributed by atoms with van der Waals surface area (Å²) < 4.78 is 6.90. The van der Waals surface area contributed by atoms with Crippen LogP contribution in [0.2, 0.25) is 0 Å². The van der Waals surface area contributed by atoms with Gasteiger partial charge in [0.25, 0.3) is 5.56 Å². The van der Waals surface area contributed by atoms with Crippen molar-refractivity contribution in [3.05, 3.63) is 67.1 Å². The number of H-pyrrole nitrogens is 1. The van der Waals surface area contributed by atoms with E-state index < -0.39 is 0 Å². The Labute approximate surface area is 162 Å². The number of hydrogen-bond acceptors (Lipinski definition) is 3. The molecule has 0 spiro atoms. The number of nitrogens with zero attached hydrogens (tertiary/aromatic N) is 1. The van der Waals surface area contributed by atoms with E-state index in [0.717, 1.165) is 21.2 Å². The van der Waals surface area contributed by atoms with Crippen LogP contribution < -0.4 is 15.2 Å². The minimum absolute atomic E-state index is 0.129. The van der Waals surface area contributed by atoms with Crippen molar-refractivity contribution in [2.45, 2.75) is 13.1 Å². The fraction of sp³-hybridized carbons (Fsp3) is 0.222. The minimum atomic E-state index is -0.129. The van der Waals surface area contributed by atoms with Crippen molar-refractivity contribution in [2.24, 2.45) is 0 Å². The predicted octanol–water partition coefficient (Wildman–Crippen LogP) is 2.67. The van der Waals surface area contributed by atoms with Crippen LogP contribution in [0.1, 0.15) is 11.4 Å². The van der Waals surface area contributed by atoms with E-state index in [0.29, 0.717) is 23.3 Å². The van der Waals surface area contributed by atoms with Crippen molar-refractivity contribution in [3.63, 3.8) is 0 Å². The summed E-state index contributed by atoms with van der Waals surface area (Å²) in [5.41, 5.74) is 1.72. The SMILES string of the molecule is COc1cccc(C[NH+](C)Cc2nc3c(Br)cc(Br)cc3c(=O)[nH]2)c1. The molecule has 1 unspecified atom stereocenters. The lowest BCUT2D eigenvalue weighted by Crippen LogP contribution is -3.06. The van der Waals surface area contributed by atoms with Gasteiger partial charge >= 0.3 is 0 Å². The van der Waals surface area contributed by atoms with E-state index >= 15 is 0 Å². The molecule has 0 fully saturated rings. The Morgan fingerprint density at radius 1 is 1.20 bits per heavy atom. The Kier molecular flexibility index (Phi) is 5.56. The number of quaternary nitrogens is 1. The summed E-state index contributed by atoms with van der Waals surface area (Å²) in [6.07, 6.45) is 0. The third kappa shape index (κ3) is 4.29. The highest BCUT2D eigenvalue weighted by atomic mass is 79.9. The molecule has 0 bridgehead atoms. The maximum absolute atomic E-state index is 12.4. The molecular formula is C18H18Br2N3O2+. The highest BCUT2D eigenvalue weighted by Gasteiger charge is 2.12. The van der Waals surface area contributed by atoms with Gasteiger partial charge in [-0.1, -0.05) is 28.1 Å². The number of nitrogens with one attached hydrogen (secondary N) is 2. The standard InChI is InChI=1S/C18H17Br2N3O2/c1-23(9-11-4-3-5-13(6-11)25-2)10-16-21-17-14(18(24)22-16)7-12(19)8-15(17)20/h3-8H,9-10H2,1-2H3,(H,21,22,24)/p+1. The van der Waals surface area contributed by atoms with Gasteiger partial charge in [-0.05, 0) is 40.2 Å². The Bertz CT molecular complexity index is 972. The monoisotopic (exact) mass is 466 g/mol. The third-order valence-electron chi connectivity index (χ3n) is 3.89. The first-order valence-corrected chi connectivity index (χ1v) is 9.37. The number of hydrogen-bond donors (Lipinski definition) is 2. The second-order valence-corrected chi connectivity index (χ2v) is 7.73. The predicted molar refractivity (Wildman–Crippen MR) is 105 cm³/mol. The van der Waals surface area contributed by atoms with Crippen LogP contribution in [0.4, 0.5) is 0 Å². The van der Waals surface area contributed by atoms with E-state index in [4.69, 9.17) is 4.74 Å².